The zero-order chi connectivity index (χ0) is 19.2. The van der Waals surface area contributed by atoms with Crippen molar-refractivity contribution in [3.63, 3.8) is 0 Å². The van der Waals surface area contributed by atoms with Gasteiger partial charge < -0.3 is 4.74 Å². The Bertz CT molecular complexity index is 791. The van der Waals surface area contributed by atoms with Gasteiger partial charge in [0.1, 0.15) is 5.52 Å². The van der Waals surface area contributed by atoms with Gasteiger partial charge in [-0.25, -0.2) is 13.7 Å². The molecule has 1 aromatic heterocycles. The van der Waals surface area contributed by atoms with Gasteiger partial charge in [-0.3, -0.25) is 14.0 Å². The number of benzene rings is 1. The predicted octanol–water partition coefficient (Wildman–Crippen LogP) is 4.34. The summed E-state index contributed by atoms with van der Waals surface area (Å²) >= 11 is 0.878. The lowest BCUT2D eigenvalue weighted by atomic mass is 10.2. The van der Waals surface area contributed by atoms with Crippen molar-refractivity contribution in [2.24, 2.45) is 0 Å². The highest BCUT2D eigenvalue weighted by atomic mass is 32.2. The van der Waals surface area contributed by atoms with E-state index in [0.717, 1.165) is 17.5 Å². The van der Waals surface area contributed by atoms with Crippen LogP contribution in [0.15, 0.2) is 36.5 Å². The molecule has 10 heteroatoms. The summed E-state index contributed by atoms with van der Waals surface area (Å²) in [5.74, 6) is 0.348. The molecule has 8 nitrogen and oxygen atoms in total. The first-order chi connectivity index (χ1) is 12.4. The van der Waals surface area contributed by atoms with Crippen molar-refractivity contribution in [3.05, 3.63) is 36.5 Å². The maximum atomic E-state index is 12.7. The van der Waals surface area contributed by atoms with E-state index >= 15 is 0 Å². The SMILES string of the molecule is CCOP(=O)(OCC)N(C)SN(C)C(=O)Oc1cccc2cccnc12. The highest BCUT2D eigenvalue weighted by Gasteiger charge is 2.33. The van der Waals surface area contributed by atoms with Crippen molar-refractivity contribution in [2.45, 2.75) is 13.8 Å². The number of carbonyl (C=O) groups excluding carboxylic acids is 1. The normalized spacial score (nSPS) is 11.7. The molecule has 2 aromatic rings. The van der Waals surface area contributed by atoms with E-state index in [0.29, 0.717) is 11.3 Å². The molecule has 0 aliphatic carbocycles. The predicted molar refractivity (Wildman–Crippen MR) is 102 cm³/mol. The smallest absolute Gasteiger partial charge is 0.407 e. The van der Waals surface area contributed by atoms with E-state index in [2.05, 4.69) is 4.98 Å². The molecule has 0 fully saturated rings. The fourth-order valence-corrected chi connectivity index (χ4v) is 4.58. The van der Waals surface area contributed by atoms with Crippen LogP contribution >= 0.6 is 19.9 Å². The van der Waals surface area contributed by atoms with E-state index in [1.54, 1.807) is 32.2 Å². The molecule has 1 aromatic carbocycles. The van der Waals surface area contributed by atoms with Gasteiger partial charge >= 0.3 is 13.8 Å². The summed E-state index contributed by atoms with van der Waals surface area (Å²) in [7, 11) is -0.459. The molecule has 2 rings (SSSR count). The second-order valence-corrected chi connectivity index (χ2v) is 8.63. The van der Waals surface area contributed by atoms with Crippen LogP contribution in [-0.4, -0.2) is 46.8 Å². The number of hydrogen-bond acceptors (Lipinski definition) is 7. The van der Waals surface area contributed by atoms with E-state index in [4.69, 9.17) is 13.8 Å². The Morgan fingerprint density at radius 2 is 1.81 bits per heavy atom. The monoisotopic (exact) mass is 399 g/mol. The highest BCUT2D eigenvalue weighted by molar-refractivity contribution is 7.99. The third kappa shape index (κ3) is 4.96. The molecule has 0 aliphatic rings. The maximum Gasteiger partial charge on any atom is 0.426 e. The number of para-hydroxylation sites is 1. The topological polar surface area (TPSA) is 81.2 Å². The molecule has 0 spiro atoms. The number of pyridine rings is 1. The molecule has 0 atom stereocenters. The number of fused-ring (bicyclic) bond motifs is 1. The minimum absolute atomic E-state index is 0.220. The van der Waals surface area contributed by atoms with Crippen molar-refractivity contribution in [3.8, 4) is 5.75 Å². The second kappa shape index (κ2) is 9.34. The molecule has 26 heavy (non-hydrogen) atoms. The van der Waals surface area contributed by atoms with Crippen LogP contribution < -0.4 is 4.74 Å². The summed E-state index contributed by atoms with van der Waals surface area (Å²) in [6.07, 6.45) is 0.992. The van der Waals surface area contributed by atoms with Gasteiger partial charge in [-0.15, -0.1) is 4.08 Å². The lowest BCUT2D eigenvalue weighted by Crippen LogP contribution is -2.28. The Kier molecular flexibility index (Phi) is 7.43. The summed E-state index contributed by atoms with van der Waals surface area (Å²) in [4.78, 5) is 16.6. The number of nitrogens with zero attached hydrogens (tertiary/aromatic N) is 3. The van der Waals surface area contributed by atoms with E-state index in [1.807, 2.05) is 18.2 Å². The van der Waals surface area contributed by atoms with Gasteiger partial charge in [-0.2, -0.15) is 0 Å². The van der Waals surface area contributed by atoms with Crippen molar-refractivity contribution < 1.29 is 23.1 Å². The average Bonchev–Trinajstić information content (AvgIpc) is 2.62. The molecule has 1 heterocycles. The quantitative estimate of drug-likeness (QED) is 0.479. The molecule has 0 saturated carbocycles. The standard InChI is InChI=1S/C16H22N3O5PS/c1-5-22-25(21,23-6-2)19(4)26-18(3)16(20)24-14-11-7-9-13-10-8-12-17-15(13)14/h7-12H,5-6H2,1-4H3. The summed E-state index contributed by atoms with van der Waals surface area (Å²) in [6, 6.07) is 9.02. The van der Waals surface area contributed by atoms with Crippen LogP contribution in [-0.2, 0) is 13.6 Å². The molecule has 1 amide bonds. The Morgan fingerprint density at radius 3 is 2.46 bits per heavy atom. The average molecular weight is 399 g/mol. The van der Waals surface area contributed by atoms with Gasteiger partial charge in [0.05, 0.1) is 25.3 Å². The number of amides is 1. The number of hydrogen-bond donors (Lipinski definition) is 0. The Labute approximate surface area is 157 Å². The number of rotatable bonds is 8. The van der Waals surface area contributed by atoms with Crippen molar-refractivity contribution in [1.29, 1.82) is 0 Å². The van der Waals surface area contributed by atoms with E-state index in [9.17, 15) is 9.36 Å². The zero-order valence-corrected chi connectivity index (χ0v) is 16.8. The molecular formula is C16H22N3O5PS. The summed E-state index contributed by atoms with van der Waals surface area (Å²) < 4.78 is 31.1. The van der Waals surface area contributed by atoms with Crippen LogP contribution in [0.1, 0.15) is 13.8 Å². The Balaban J connectivity index is 2.08. The molecule has 0 unspecified atom stereocenters. The van der Waals surface area contributed by atoms with Crippen LogP contribution in [0.5, 0.6) is 5.75 Å². The third-order valence-electron chi connectivity index (χ3n) is 3.22. The minimum Gasteiger partial charge on any atom is -0.407 e. The molecule has 0 bridgehead atoms. The van der Waals surface area contributed by atoms with Gasteiger partial charge in [0.2, 0.25) is 0 Å². The maximum absolute atomic E-state index is 12.7. The highest BCUT2D eigenvalue weighted by Crippen LogP contribution is 2.54. The summed E-state index contributed by atoms with van der Waals surface area (Å²) in [5, 5.41) is 0.863. The largest absolute Gasteiger partial charge is 0.426 e. The summed E-state index contributed by atoms with van der Waals surface area (Å²) in [6.45, 7) is 3.88. The van der Waals surface area contributed by atoms with Crippen LogP contribution in [0.25, 0.3) is 10.9 Å². The van der Waals surface area contributed by atoms with E-state index in [1.165, 1.54) is 22.5 Å². The van der Waals surface area contributed by atoms with Crippen LogP contribution in [0.3, 0.4) is 0 Å². The van der Waals surface area contributed by atoms with Crippen molar-refractivity contribution in [1.82, 2.24) is 13.4 Å². The Hall–Kier alpha value is -1.64. The van der Waals surface area contributed by atoms with Gasteiger partial charge in [-0.05, 0) is 26.0 Å². The van der Waals surface area contributed by atoms with Gasteiger partial charge in [-0.1, -0.05) is 18.2 Å². The van der Waals surface area contributed by atoms with Crippen molar-refractivity contribution >= 4 is 36.9 Å². The molecule has 0 radical (unpaired) electrons. The first kappa shape index (κ1) is 20.7. The molecule has 0 aliphatic heterocycles. The summed E-state index contributed by atoms with van der Waals surface area (Å²) in [5.41, 5.74) is 0.587. The first-order valence-corrected chi connectivity index (χ1v) is 10.2. The first-order valence-electron chi connectivity index (χ1n) is 8.02. The van der Waals surface area contributed by atoms with Crippen molar-refractivity contribution in [2.75, 3.05) is 27.3 Å². The number of ether oxygens (including phenoxy) is 1. The fourth-order valence-electron chi connectivity index (χ4n) is 2.10. The molecule has 0 saturated heterocycles. The fraction of sp³-hybridized carbons (Fsp3) is 0.375. The van der Waals surface area contributed by atoms with Crippen LogP contribution in [0.4, 0.5) is 4.79 Å². The molecular weight excluding hydrogens is 377 g/mol. The van der Waals surface area contributed by atoms with Gasteiger partial charge in [0.15, 0.2) is 5.75 Å². The van der Waals surface area contributed by atoms with Gasteiger partial charge in [0.25, 0.3) is 0 Å². The van der Waals surface area contributed by atoms with E-state index < -0.39 is 13.8 Å². The van der Waals surface area contributed by atoms with Gasteiger partial charge in [0, 0.05) is 25.7 Å². The lowest BCUT2D eigenvalue weighted by molar-refractivity contribution is 0.185. The lowest BCUT2D eigenvalue weighted by Gasteiger charge is -2.27. The van der Waals surface area contributed by atoms with Crippen LogP contribution in [0.2, 0.25) is 0 Å². The van der Waals surface area contributed by atoms with Crippen LogP contribution in [0, 0.1) is 0 Å². The molecule has 142 valence electrons. The third-order valence-corrected chi connectivity index (χ3v) is 6.53. The zero-order valence-electron chi connectivity index (χ0n) is 15.1. The second-order valence-electron chi connectivity index (χ2n) is 5.05. The van der Waals surface area contributed by atoms with E-state index in [-0.39, 0.29) is 13.2 Å². The molecule has 0 N–H and O–H groups in total. The minimum atomic E-state index is -3.49. The Morgan fingerprint density at radius 1 is 1.15 bits per heavy atom. The number of aromatic nitrogens is 1. The number of carbonyl (C=O) groups is 1.